The van der Waals surface area contributed by atoms with Crippen LogP contribution in [0.25, 0.3) is 0 Å². The van der Waals surface area contributed by atoms with E-state index in [1.807, 2.05) is 13.8 Å². The number of ketones is 1. The summed E-state index contributed by atoms with van der Waals surface area (Å²) >= 11 is 0. The Balaban J connectivity index is 2.26. The molecule has 1 heterocycles. The van der Waals surface area contributed by atoms with E-state index < -0.39 is 0 Å². The maximum absolute atomic E-state index is 12.6. The molecule has 0 saturated carbocycles. The van der Waals surface area contributed by atoms with Crippen molar-refractivity contribution in [3.05, 3.63) is 34.4 Å². The highest BCUT2D eigenvalue weighted by Gasteiger charge is 2.50. The quantitative estimate of drug-likeness (QED) is 0.701. The lowest BCUT2D eigenvalue weighted by Crippen LogP contribution is -2.33. The molecule has 2 nitrogen and oxygen atoms in total. The highest BCUT2D eigenvalue weighted by atomic mass is 16.5. The van der Waals surface area contributed by atoms with E-state index in [4.69, 9.17) is 4.74 Å². The molecule has 1 aromatic carbocycles. The molecule has 96 valence electrons. The molecule has 2 aliphatic rings. The first-order chi connectivity index (χ1) is 8.35. The van der Waals surface area contributed by atoms with Crippen molar-refractivity contribution < 1.29 is 9.53 Å². The van der Waals surface area contributed by atoms with Gasteiger partial charge in [-0.15, -0.1) is 0 Å². The van der Waals surface area contributed by atoms with E-state index in [-0.39, 0.29) is 10.8 Å². The number of Topliss-reactive ketones (excluding diaryl/α,β-unsaturated/α-hetero) is 1. The number of carbonyl (C=O) groups excluding carboxylic acids is 1. The highest BCUT2D eigenvalue weighted by Crippen LogP contribution is 2.47. The Kier molecular flexibility index (Phi) is 2.28. The molecule has 18 heavy (non-hydrogen) atoms. The number of rotatable bonds is 0. The molecule has 0 amide bonds. The summed E-state index contributed by atoms with van der Waals surface area (Å²) in [7, 11) is 0. The minimum atomic E-state index is -0.370. The molecular weight excluding hydrogens is 224 g/mol. The van der Waals surface area contributed by atoms with Gasteiger partial charge in [0, 0.05) is 10.8 Å². The van der Waals surface area contributed by atoms with Crippen molar-refractivity contribution in [2.24, 2.45) is 0 Å². The van der Waals surface area contributed by atoms with Crippen molar-refractivity contribution in [3.8, 4) is 0 Å². The largest absolute Gasteiger partial charge is 0.376 e. The Hall–Kier alpha value is -1.15. The molecule has 1 aliphatic heterocycles. The molecule has 1 aliphatic carbocycles. The Bertz CT molecular complexity index is 491. The van der Waals surface area contributed by atoms with Crippen LogP contribution in [0.1, 0.15) is 49.9 Å². The predicted molar refractivity (Wildman–Crippen MR) is 70.9 cm³/mol. The van der Waals surface area contributed by atoms with Crippen molar-refractivity contribution in [3.63, 3.8) is 0 Å². The smallest absolute Gasteiger partial charge is 0.152 e. The van der Waals surface area contributed by atoms with Gasteiger partial charge in [0.1, 0.15) is 0 Å². The van der Waals surface area contributed by atoms with E-state index in [0.29, 0.717) is 12.4 Å². The molecular formula is C16H20O2. The molecule has 0 fully saturated rings. The summed E-state index contributed by atoms with van der Waals surface area (Å²) in [6, 6.07) is 4.45. The Morgan fingerprint density at radius 2 is 1.56 bits per heavy atom. The van der Waals surface area contributed by atoms with Crippen LogP contribution in [0, 0.1) is 0 Å². The first-order valence-corrected chi connectivity index (χ1v) is 6.64. The van der Waals surface area contributed by atoms with Gasteiger partial charge in [0.15, 0.2) is 5.78 Å². The first kappa shape index (κ1) is 11.9. The Morgan fingerprint density at radius 3 is 2.17 bits per heavy atom. The molecule has 1 aromatic rings. The number of fused-ring (bicyclic) bond motifs is 2. The van der Waals surface area contributed by atoms with E-state index in [9.17, 15) is 4.79 Å². The molecule has 0 unspecified atom stereocenters. The molecule has 0 radical (unpaired) electrons. The standard InChI is InChI=1S/C16H20O2/c1-15(2)12-7-10-5-6-18-9-11(10)8-13(12)16(3,4)14(15)17/h7-8H,5-6,9H2,1-4H3. The summed E-state index contributed by atoms with van der Waals surface area (Å²) in [5, 5.41) is 0. The van der Waals surface area contributed by atoms with E-state index in [2.05, 4.69) is 26.0 Å². The first-order valence-electron chi connectivity index (χ1n) is 6.64. The minimum absolute atomic E-state index is 0.327. The maximum Gasteiger partial charge on any atom is 0.152 e. The molecule has 0 spiro atoms. The zero-order valence-electron chi connectivity index (χ0n) is 11.6. The van der Waals surface area contributed by atoms with Crippen LogP contribution in [0.5, 0.6) is 0 Å². The third kappa shape index (κ3) is 1.36. The van der Waals surface area contributed by atoms with Crippen LogP contribution in [-0.2, 0) is 33.4 Å². The minimum Gasteiger partial charge on any atom is -0.376 e. The summed E-state index contributed by atoms with van der Waals surface area (Å²) in [5.41, 5.74) is 4.31. The Morgan fingerprint density at radius 1 is 1.00 bits per heavy atom. The lowest BCUT2D eigenvalue weighted by atomic mass is 9.80. The maximum atomic E-state index is 12.6. The number of ether oxygens (including phenoxy) is 1. The fraction of sp³-hybridized carbons (Fsp3) is 0.562. The van der Waals surface area contributed by atoms with E-state index in [1.54, 1.807) is 0 Å². The average molecular weight is 244 g/mol. The third-order valence-electron chi connectivity index (χ3n) is 4.60. The van der Waals surface area contributed by atoms with E-state index in [0.717, 1.165) is 13.0 Å². The van der Waals surface area contributed by atoms with Gasteiger partial charge >= 0.3 is 0 Å². The number of hydrogen-bond acceptors (Lipinski definition) is 2. The number of benzene rings is 1. The molecule has 0 bridgehead atoms. The van der Waals surface area contributed by atoms with Crippen LogP contribution in [0.15, 0.2) is 12.1 Å². The van der Waals surface area contributed by atoms with Gasteiger partial charge in [0.25, 0.3) is 0 Å². The van der Waals surface area contributed by atoms with Crippen molar-refractivity contribution >= 4 is 5.78 Å². The van der Waals surface area contributed by atoms with Crippen LogP contribution in [0.2, 0.25) is 0 Å². The molecule has 2 heteroatoms. The van der Waals surface area contributed by atoms with Crippen LogP contribution < -0.4 is 0 Å². The second kappa shape index (κ2) is 3.45. The van der Waals surface area contributed by atoms with Gasteiger partial charge in [0.05, 0.1) is 13.2 Å². The zero-order chi connectivity index (χ0) is 13.1. The summed E-state index contributed by atoms with van der Waals surface area (Å²) < 4.78 is 5.52. The average Bonchev–Trinajstić information content (AvgIpc) is 2.47. The second-order valence-corrected chi connectivity index (χ2v) is 6.55. The van der Waals surface area contributed by atoms with Gasteiger partial charge in [0.2, 0.25) is 0 Å². The SMILES string of the molecule is CC1(C)C(=O)C(C)(C)c2cc3c(cc21)CCOC3. The monoisotopic (exact) mass is 244 g/mol. The van der Waals surface area contributed by atoms with Crippen molar-refractivity contribution in [1.29, 1.82) is 0 Å². The van der Waals surface area contributed by atoms with Crippen LogP contribution in [0.3, 0.4) is 0 Å². The van der Waals surface area contributed by atoms with Crippen molar-refractivity contribution in [2.75, 3.05) is 6.61 Å². The van der Waals surface area contributed by atoms with Gasteiger partial charge in [-0.2, -0.15) is 0 Å². The van der Waals surface area contributed by atoms with Gasteiger partial charge in [-0.3, -0.25) is 4.79 Å². The van der Waals surface area contributed by atoms with E-state index >= 15 is 0 Å². The normalized spacial score (nSPS) is 23.7. The number of hydrogen-bond donors (Lipinski definition) is 0. The highest BCUT2D eigenvalue weighted by molar-refractivity contribution is 6.02. The lowest BCUT2D eigenvalue weighted by molar-refractivity contribution is -0.126. The van der Waals surface area contributed by atoms with Gasteiger partial charge in [-0.1, -0.05) is 12.1 Å². The molecule has 3 rings (SSSR count). The van der Waals surface area contributed by atoms with Crippen LogP contribution in [0.4, 0.5) is 0 Å². The second-order valence-electron chi connectivity index (χ2n) is 6.55. The third-order valence-corrected chi connectivity index (χ3v) is 4.60. The van der Waals surface area contributed by atoms with Crippen LogP contribution in [-0.4, -0.2) is 12.4 Å². The van der Waals surface area contributed by atoms with Gasteiger partial charge < -0.3 is 4.74 Å². The summed E-state index contributed by atoms with van der Waals surface area (Å²) in [6.07, 6.45) is 0.966. The Labute approximate surface area is 108 Å². The summed E-state index contributed by atoms with van der Waals surface area (Å²) in [6.45, 7) is 9.66. The fourth-order valence-corrected chi connectivity index (χ4v) is 3.48. The summed E-state index contributed by atoms with van der Waals surface area (Å²) in [5.74, 6) is 0.327. The van der Waals surface area contributed by atoms with Crippen molar-refractivity contribution in [2.45, 2.75) is 51.6 Å². The van der Waals surface area contributed by atoms with Crippen LogP contribution >= 0.6 is 0 Å². The molecule has 0 atom stereocenters. The lowest BCUT2D eigenvalue weighted by Gasteiger charge is -2.22. The van der Waals surface area contributed by atoms with Gasteiger partial charge in [-0.25, -0.2) is 0 Å². The van der Waals surface area contributed by atoms with Gasteiger partial charge in [-0.05, 0) is 56.4 Å². The fourth-order valence-electron chi connectivity index (χ4n) is 3.48. The topological polar surface area (TPSA) is 26.3 Å². The molecule has 0 aromatic heterocycles. The van der Waals surface area contributed by atoms with E-state index in [1.165, 1.54) is 22.3 Å². The predicted octanol–water partition coefficient (Wildman–Crippen LogP) is 2.90. The molecule has 0 saturated heterocycles. The van der Waals surface area contributed by atoms with Crippen molar-refractivity contribution in [1.82, 2.24) is 0 Å². The molecule has 0 N–H and O–H groups in total. The zero-order valence-corrected chi connectivity index (χ0v) is 11.6. The summed E-state index contributed by atoms with van der Waals surface area (Å²) in [4.78, 5) is 12.6. The number of carbonyl (C=O) groups is 1.